The first kappa shape index (κ1) is 19.2. The number of hydrogen-bond donors (Lipinski definition) is 0. The van der Waals surface area contributed by atoms with Crippen LogP contribution in [0.15, 0.2) is 0 Å². The zero-order valence-corrected chi connectivity index (χ0v) is 19.0. The summed E-state index contributed by atoms with van der Waals surface area (Å²) < 4.78 is 6.88. The van der Waals surface area contributed by atoms with E-state index in [-0.39, 0.29) is 5.60 Å². The summed E-state index contributed by atoms with van der Waals surface area (Å²) in [7, 11) is -1.55. The quantitative estimate of drug-likeness (QED) is 0.536. The summed E-state index contributed by atoms with van der Waals surface area (Å²) in [5, 5.41) is 0. The molecule has 0 aromatic rings. The Hall–Kier alpha value is -0.153. The van der Waals surface area contributed by atoms with E-state index in [4.69, 9.17) is 4.43 Å². The molecule has 0 N–H and O–H groups in total. The van der Waals surface area contributed by atoms with E-state index >= 15 is 0 Å². The fourth-order valence-corrected chi connectivity index (χ4v) is 9.80. The number of ketones is 1. The largest absolute Gasteiger partial charge is 0.412 e. The van der Waals surface area contributed by atoms with Crippen LogP contribution in [0, 0.1) is 34.5 Å². The monoisotopic (exact) mass is 376 g/mol. The zero-order chi connectivity index (χ0) is 19.0. The molecule has 4 aliphatic carbocycles. The average molecular weight is 377 g/mol. The van der Waals surface area contributed by atoms with Gasteiger partial charge < -0.3 is 4.43 Å². The first-order valence-electron chi connectivity index (χ1n) is 11.2. The van der Waals surface area contributed by atoms with Crippen molar-refractivity contribution in [3.63, 3.8) is 0 Å². The van der Waals surface area contributed by atoms with Crippen LogP contribution in [0.25, 0.3) is 0 Å². The Labute approximate surface area is 162 Å². The Kier molecular flexibility index (Phi) is 4.37. The number of carbonyl (C=O) groups is 1. The van der Waals surface area contributed by atoms with Crippen molar-refractivity contribution in [1.29, 1.82) is 0 Å². The topological polar surface area (TPSA) is 26.3 Å². The van der Waals surface area contributed by atoms with Gasteiger partial charge in [-0.1, -0.05) is 13.8 Å². The van der Waals surface area contributed by atoms with Gasteiger partial charge in [0.1, 0.15) is 5.78 Å². The van der Waals surface area contributed by atoms with E-state index in [9.17, 15) is 4.79 Å². The molecule has 0 aromatic carbocycles. The van der Waals surface area contributed by atoms with Crippen LogP contribution in [0.4, 0.5) is 0 Å². The van der Waals surface area contributed by atoms with Gasteiger partial charge in [0.25, 0.3) is 0 Å². The van der Waals surface area contributed by atoms with Crippen molar-refractivity contribution < 1.29 is 9.22 Å². The third-order valence-electron chi connectivity index (χ3n) is 9.54. The molecule has 4 fully saturated rings. The fourth-order valence-electron chi connectivity index (χ4n) is 8.11. The molecule has 2 nitrogen and oxygen atoms in total. The van der Waals surface area contributed by atoms with Gasteiger partial charge in [0.2, 0.25) is 0 Å². The Bertz CT molecular complexity index is 596. The van der Waals surface area contributed by atoms with Gasteiger partial charge in [-0.3, -0.25) is 4.79 Å². The minimum absolute atomic E-state index is 0.0768. The molecule has 4 rings (SSSR count). The van der Waals surface area contributed by atoms with Crippen LogP contribution >= 0.6 is 0 Å². The molecule has 26 heavy (non-hydrogen) atoms. The highest BCUT2D eigenvalue weighted by atomic mass is 28.4. The SMILES string of the molecule is CC12CCC(=O)C[C@H]1CCC1C2CCC2(C)C1CC[C@@]2(C)O[Si](C)(C)C. The second-order valence-corrected chi connectivity index (χ2v) is 16.3. The first-order valence-corrected chi connectivity index (χ1v) is 14.6. The normalized spacial score (nSPS) is 51.5. The maximum Gasteiger partial charge on any atom is 0.184 e. The second kappa shape index (κ2) is 5.92. The number of Topliss-reactive ketones (excluding diaryl/α,β-unsaturated/α-hetero) is 1. The van der Waals surface area contributed by atoms with E-state index in [1.54, 1.807) is 0 Å². The van der Waals surface area contributed by atoms with E-state index < -0.39 is 8.32 Å². The Morgan fingerprint density at radius 1 is 0.923 bits per heavy atom. The number of fused-ring (bicyclic) bond motifs is 5. The number of hydrogen-bond acceptors (Lipinski definition) is 2. The Balaban J connectivity index is 1.61. The Morgan fingerprint density at radius 3 is 2.31 bits per heavy atom. The molecule has 0 saturated heterocycles. The summed E-state index contributed by atoms with van der Waals surface area (Å²) in [5.41, 5.74) is 0.853. The molecule has 7 atom stereocenters. The highest BCUT2D eigenvalue weighted by Gasteiger charge is 2.64. The third-order valence-corrected chi connectivity index (χ3v) is 10.6. The standard InChI is InChI=1S/C23H40O2Si/c1-21-12-9-17(24)15-16(21)7-8-18-19(21)10-13-22(2)20(18)11-14-23(22,3)25-26(4,5)6/h16,18-20H,7-15H2,1-6H3/t16-,18?,19?,20?,21?,22?,23-/m1/s1. The minimum Gasteiger partial charge on any atom is -0.412 e. The fraction of sp³-hybridized carbons (Fsp3) is 0.957. The molecule has 0 bridgehead atoms. The first-order chi connectivity index (χ1) is 12.0. The van der Waals surface area contributed by atoms with Gasteiger partial charge in [-0.05, 0) is 106 Å². The predicted molar refractivity (Wildman–Crippen MR) is 110 cm³/mol. The van der Waals surface area contributed by atoms with Gasteiger partial charge >= 0.3 is 0 Å². The smallest absolute Gasteiger partial charge is 0.184 e. The van der Waals surface area contributed by atoms with Crippen molar-refractivity contribution in [2.45, 2.75) is 104 Å². The van der Waals surface area contributed by atoms with E-state index in [1.165, 1.54) is 38.5 Å². The molecule has 4 aliphatic rings. The third kappa shape index (κ3) is 2.70. The van der Waals surface area contributed by atoms with Crippen LogP contribution in [0.2, 0.25) is 19.6 Å². The highest BCUT2D eigenvalue weighted by molar-refractivity contribution is 6.69. The van der Waals surface area contributed by atoms with Crippen molar-refractivity contribution in [1.82, 2.24) is 0 Å². The highest BCUT2D eigenvalue weighted by Crippen LogP contribution is 2.68. The van der Waals surface area contributed by atoms with Crippen LogP contribution in [0.1, 0.15) is 78.6 Å². The van der Waals surface area contributed by atoms with Crippen LogP contribution in [0.5, 0.6) is 0 Å². The molecule has 0 aliphatic heterocycles. The summed E-state index contributed by atoms with van der Waals surface area (Å²) >= 11 is 0. The average Bonchev–Trinajstić information content (AvgIpc) is 2.77. The van der Waals surface area contributed by atoms with Crippen molar-refractivity contribution in [3.8, 4) is 0 Å². The number of carbonyl (C=O) groups excluding carboxylic acids is 1. The molecule has 0 radical (unpaired) electrons. The molecule has 0 spiro atoms. The lowest BCUT2D eigenvalue weighted by atomic mass is 9.44. The second-order valence-electron chi connectivity index (χ2n) is 11.8. The van der Waals surface area contributed by atoms with Gasteiger partial charge in [-0.2, -0.15) is 0 Å². The predicted octanol–water partition coefficient (Wildman–Crippen LogP) is 6.21. The molecule has 5 unspecified atom stereocenters. The van der Waals surface area contributed by atoms with Gasteiger partial charge in [0.05, 0.1) is 5.60 Å². The zero-order valence-electron chi connectivity index (χ0n) is 18.0. The summed E-state index contributed by atoms with van der Waals surface area (Å²) in [4.78, 5) is 12.1. The summed E-state index contributed by atoms with van der Waals surface area (Å²) in [6.45, 7) is 14.6. The lowest BCUT2D eigenvalue weighted by Crippen LogP contribution is -2.57. The van der Waals surface area contributed by atoms with Gasteiger partial charge in [-0.15, -0.1) is 0 Å². The van der Waals surface area contributed by atoms with E-state index in [1.807, 2.05) is 0 Å². The lowest BCUT2D eigenvalue weighted by Gasteiger charge is -2.61. The molecule has 4 saturated carbocycles. The van der Waals surface area contributed by atoms with Crippen LogP contribution < -0.4 is 0 Å². The van der Waals surface area contributed by atoms with Crippen LogP contribution in [-0.4, -0.2) is 19.7 Å². The number of rotatable bonds is 2. The van der Waals surface area contributed by atoms with Crippen LogP contribution in [0.3, 0.4) is 0 Å². The maximum absolute atomic E-state index is 12.1. The maximum atomic E-state index is 12.1. The van der Waals surface area contributed by atoms with Crippen molar-refractivity contribution in [2.75, 3.05) is 0 Å². The van der Waals surface area contributed by atoms with Crippen molar-refractivity contribution in [3.05, 3.63) is 0 Å². The molecular formula is C23H40O2Si. The van der Waals surface area contributed by atoms with Crippen LogP contribution in [-0.2, 0) is 9.22 Å². The van der Waals surface area contributed by atoms with E-state index in [0.717, 1.165) is 37.0 Å². The molecule has 0 amide bonds. The minimum atomic E-state index is -1.55. The molecule has 0 heterocycles. The van der Waals surface area contributed by atoms with Gasteiger partial charge in [0.15, 0.2) is 8.32 Å². The molecule has 148 valence electrons. The van der Waals surface area contributed by atoms with Crippen molar-refractivity contribution >= 4 is 14.1 Å². The molecule has 3 heteroatoms. The van der Waals surface area contributed by atoms with Crippen molar-refractivity contribution in [2.24, 2.45) is 34.5 Å². The van der Waals surface area contributed by atoms with Gasteiger partial charge in [0, 0.05) is 12.8 Å². The summed E-state index contributed by atoms with van der Waals surface area (Å²) in [5.74, 6) is 3.75. The van der Waals surface area contributed by atoms with Gasteiger partial charge in [-0.25, -0.2) is 0 Å². The summed E-state index contributed by atoms with van der Waals surface area (Å²) in [6, 6.07) is 0. The lowest BCUT2D eigenvalue weighted by molar-refractivity contribution is -0.149. The molecule has 0 aromatic heterocycles. The van der Waals surface area contributed by atoms with E-state index in [0.29, 0.717) is 22.5 Å². The molecular weight excluding hydrogens is 336 g/mol. The Morgan fingerprint density at radius 2 is 1.62 bits per heavy atom. The summed E-state index contributed by atoms with van der Waals surface area (Å²) in [6.07, 6.45) is 10.8. The van der Waals surface area contributed by atoms with E-state index in [2.05, 4.69) is 40.4 Å².